The largest absolute Gasteiger partial charge is 0.487 e. The van der Waals surface area contributed by atoms with E-state index in [9.17, 15) is 8.42 Å². The average molecular weight is 419 g/mol. The van der Waals surface area contributed by atoms with Gasteiger partial charge in [0.1, 0.15) is 11.4 Å². The molecule has 7 heteroatoms. The Morgan fingerprint density at radius 3 is 2.10 bits per heavy atom. The molecule has 1 aliphatic heterocycles. The molecule has 0 amide bonds. The third-order valence-electron chi connectivity index (χ3n) is 5.82. The molecule has 2 aliphatic rings. The smallest absolute Gasteiger partial charge is 0.294 e. The maximum Gasteiger partial charge on any atom is 0.294 e. The van der Waals surface area contributed by atoms with Crippen LogP contribution in [0.5, 0.6) is 5.75 Å². The zero-order valence-corrected chi connectivity index (χ0v) is 17.6. The van der Waals surface area contributed by atoms with Gasteiger partial charge < -0.3 is 15.8 Å². The van der Waals surface area contributed by atoms with E-state index in [1.807, 2.05) is 31.2 Å². The van der Waals surface area contributed by atoms with Crippen molar-refractivity contribution in [2.24, 2.45) is 5.92 Å². The molecule has 0 radical (unpaired) electrons. The Kier molecular flexibility index (Phi) is 6.82. The summed E-state index contributed by atoms with van der Waals surface area (Å²) in [4.78, 5) is -0.0666. The van der Waals surface area contributed by atoms with Gasteiger partial charge in [0.15, 0.2) is 0 Å². The van der Waals surface area contributed by atoms with Crippen molar-refractivity contribution in [3.8, 4) is 5.75 Å². The molecule has 1 heterocycles. The van der Waals surface area contributed by atoms with Crippen molar-refractivity contribution in [1.82, 2.24) is 5.32 Å². The third-order valence-corrected chi connectivity index (χ3v) is 6.69. The van der Waals surface area contributed by atoms with E-state index in [1.165, 1.54) is 31.4 Å². The summed E-state index contributed by atoms with van der Waals surface area (Å²) in [5, 5.41) is 3.44. The van der Waals surface area contributed by atoms with Gasteiger partial charge in [-0.2, -0.15) is 8.42 Å². The minimum atomic E-state index is -4.02. The number of benzene rings is 2. The molecule has 0 atom stereocenters. The van der Waals surface area contributed by atoms with Crippen molar-refractivity contribution >= 4 is 15.8 Å². The van der Waals surface area contributed by atoms with Crippen molar-refractivity contribution in [2.45, 2.75) is 49.5 Å². The number of piperidine rings is 1. The molecule has 1 saturated heterocycles. The van der Waals surface area contributed by atoms with Crippen LogP contribution in [0.1, 0.15) is 37.7 Å². The Bertz CT molecular complexity index is 885. The van der Waals surface area contributed by atoms with E-state index in [4.69, 9.17) is 15.0 Å². The number of nitrogens with one attached hydrogen (secondary N) is 1. The van der Waals surface area contributed by atoms with E-state index >= 15 is 0 Å². The lowest BCUT2D eigenvalue weighted by Crippen LogP contribution is -2.53. The van der Waals surface area contributed by atoms with Gasteiger partial charge >= 0.3 is 0 Å². The van der Waals surface area contributed by atoms with Gasteiger partial charge in [0.25, 0.3) is 10.1 Å². The highest BCUT2D eigenvalue weighted by Crippen LogP contribution is 2.43. The van der Waals surface area contributed by atoms with Crippen LogP contribution in [0.25, 0.3) is 0 Å². The van der Waals surface area contributed by atoms with Crippen LogP contribution in [-0.4, -0.2) is 31.7 Å². The lowest BCUT2D eigenvalue weighted by Gasteiger charge is -2.47. The van der Waals surface area contributed by atoms with Crippen LogP contribution < -0.4 is 15.8 Å². The molecule has 0 spiro atoms. The summed E-state index contributed by atoms with van der Waals surface area (Å²) in [7, 11) is -4.02. The topological polar surface area (TPSA) is 102 Å². The van der Waals surface area contributed by atoms with E-state index in [0.29, 0.717) is 0 Å². The second-order valence-corrected chi connectivity index (χ2v) is 9.32. The Labute approximate surface area is 173 Å². The molecule has 0 aromatic heterocycles. The van der Waals surface area contributed by atoms with Crippen LogP contribution in [0.4, 0.5) is 5.69 Å². The zero-order valence-electron chi connectivity index (χ0n) is 16.8. The van der Waals surface area contributed by atoms with Crippen LogP contribution in [-0.2, 0) is 10.1 Å². The lowest BCUT2D eigenvalue weighted by molar-refractivity contribution is -0.0493. The van der Waals surface area contributed by atoms with Gasteiger partial charge in [-0.3, -0.25) is 4.55 Å². The molecule has 4 rings (SSSR count). The molecule has 4 N–H and O–H groups in total. The summed E-state index contributed by atoms with van der Waals surface area (Å²) in [5.74, 6) is 1.72. The fourth-order valence-electron chi connectivity index (χ4n) is 3.86. The third kappa shape index (κ3) is 5.72. The number of nitrogen functional groups attached to an aromatic ring is 1. The van der Waals surface area contributed by atoms with Gasteiger partial charge in [-0.15, -0.1) is 0 Å². The minimum absolute atomic E-state index is 0.0666. The van der Waals surface area contributed by atoms with Crippen LogP contribution >= 0.6 is 0 Å². The highest BCUT2D eigenvalue weighted by molar-refractivity contribution is 7.85. The molecular weight excluding hydrogens is 388 g/mol. The van der Waals surface area contributed by atoms with Gasteiger partial charge in [0.05, 0.1) is 4.90 Å². The molecule has 29 heavy (non-hydrogen) atoms. The van der Waals surface area contributed by atoms with Gasteiger partial charge in [-0.1, -0.05) is 24.1 Å². The Morgan fingerprint density at radius 2 is 1.62 bits per heavy atom. The molecule has 2 aromatic carbocycles. The summed E-state index contributed by atoms with van der Waals surface area (Å²) in [5.41, 5.74) is 7.55. The lowest BCUT2D eigenvalue weighted by atomic mass is 9.68. The Morgan fingerprint density at radius 1 is 1.03 bits per heavy atom. The Balaban J connectivity index is 0.000000188. The molecule has 0 bridgehead atoms. The van der Waals surface area contributed by atoms with Crippen molar-refractivity contribution in [3.05, 3.63) is 54.1 Å². The summed E-state index contributed by atoms with van der Waals surface area (Å²) in [6, 6.07) is 13.8. The normalized spacial score (nSPS) is 18.8. The van der Waals surface area contributed by atoms with Gasteiger partial charge in [-0.05, 0) is 88.0 Å². The van der Waals surface area contributed by atoms with Crippen molar-refractivity contribution in [1.29, 1.82) is 0 Å². The number of ether oxygens (including phenoxy) is 1. The van der Waals surface area contributed by atoms with Gasteiger partial charge in [0.2, 0.25) is 0 Å². The van der Waals surface area contributed by atoms with Crippen LogP contribution in [0.3, 0.4) is 0 Å². The second kappa shape index (κ2) is 9.15. The van der Waals surface area contributed by atoms with Gasteiger partial charge in [0, 0.05) is 5.69 Å². The maximum atomic E-state index is 10.5. The predicted molar refractivity (Wildman–Crippen MR) is 115 cm³/mol. The molecular formula is C22H30N2O4S. The SMILES string of the molecule is Cc1ccc(S(=O)(=O)O)cc1.Nc1ccc(OC2(C3CCC3)CCNCC2)cc1. The first-order valence-corrected chi connectivity index (χ1v) is 11.5. The molecule has 1 aliphatic carbocycles. The van der Waals surface area contributed by atoms with E-state index in [0.717, 1.165) is 48.8 Å². The fraction of sp³-hybridized carbons (Fsp3) is 0.455. The molecule has 0 unspecified atom stereocenters. The first kappa shape index (κ1) is 21.6. The fourth-order valence-corrected chi connectivity index (χ4v) is 4.34. The van der Waals surface area contributed by atoms with Crippen LogP contribution in [0, 0.1) is 12.8 Å². The van der Waals surface area contributed by atoms with E-state index in [1.54, 1.807) is 12.1 Å². The summed E-state index contributed by atoms with van der Waals surface area (Å²) in [6.45, 7) is 3.99. The molecule has 1 saturated carbocycles. The first-order valence-electron chi connectivity index (χ1n) is 10.1. The van der Waals surface area contributed by atoms with Crippen LogP contribution in [0.15, 0.2) is 53.4 Å². The quantitative estimate of drug-likeness (QED) is 0.515. The number of hydrogen-bond acceptors (Lipinski definition) is 5. The number of rotatable bonds is 4. The highest BCUT2D eigenvalue weighted by Gasteiger charge is 2.44. The van der Waals surface area contributed by atoms with Gasteiger partial charge in [-0.25, -0.2) is 0 Å². The Hall–Kier alpha value is -2.09. The molecule has 6 nitrogen and oxygen atoms in total. The molecule has 2 aromatic rings. The summed E-state index contributed by atoms with van der Waals surface area (Å²) >= 11 is 0. The second-order valence-electron chi connectivity index (χ2n) is 7.90. The van der Waals surface area contributed by atoms with E-state index in [-0.39, 0.29) is 10.5 Å². The van der Waals surface area contributed by atoms with Crippen molar-refractivity contribution < 1.29 is 17.7 Å². The molecule has 158 valence electrons. The monoisotopic (exact) mass is 418 g/mol. The maximum absolute atomic E-state index is 10.5. The summed E-state index contributed by atoms with van der Waals surface area (Å²) < 4.78 is 36.0. The highest BCUT2D eigenvalue weighted by atomic mass is 32.2. The minimum Gasteiger partial charge on any atom is -0.487 e. The number of nitrogens with two attached hydrogens (primary N) is 1. The zero-order chi connectivity index (χ0) is 20.9. The van der Waals surface area contributed by atoms with E-state index in [2.05, 4.69) is 5.32 Å². The van der Waals surface area contributed by atoms with Crippen molar-refractivity contribution in [3.63, 3.8) is 0 Å². The summed E-state index contributed by atoms with van der Waals surface area (Å²) in [6.07, 6.45) is 6.28. The predicted octanol–water partition coefficient (Wildman–Crippen LogP) is 3.81. The van der Waals surface area contributed by atoms with Crippen LogP contribution in [0.2, 0.25) is 0 Å². The first-order chi connectivity index (χ1) is 13.8. The molecule has 2 fully saturated rings. The standard InChI is InChI=1S/C15H22N2O.C7H8O3S/c16-13-4-6-14(7-5-13)18-15(12-2-1-3-12)8-10-17-11-9-15;1-6-2-4-7(5-3-6)11(8,9)10/h4-7,12,17H,1-3,8-11,16H2;2-5H,1H3,(H,8,9,10). The van der Waals surface area contributed by atoms with Crippen molar-refractivity contribution in [2.75, 3.05) is 18.8 Å². The average Bonchev–Trinajstić information content (AvgIpc) is 2.63. The van der Waals surface area contributed by atoms with E-state index < -0.39 is 10.1 Å². The number of anilines is 1. The number of aryl methyl sites for hydroxylation is 1. The number of hydrogen-bond donors (Lipinski definition) is 3.